The van der Waals surface area contributed by atoms with Gasteiger partial charge in [-0.05, 0) is 43.7 Å². The second-order valence-electron chi connectivity index (χ2n) is 5.31. The van der Waals surface area contributed by atoms with E-state index in [1.807, 2.05) is 6.92 Å². The van der Waals surface area contributed by atoms with Crippen molar-refractivity contribution in [1.29, 1.82) is 0 Å². The van der Waals surface area contributed by atoms with Gasteiger partial charge < -0.3 is 14.8 Å². The third kappa shape index (κ3) is 5.29. The predicted octanol–water partition coefficient (Wildman–Crippen LogP) is 3.57. The highest BCUT2D eigenvalue weighted by Gasteiger charge is 2.17. The summed E-state index contributed by atoms with van der Waals surface area (Å²) >= 11 is 0. The van der Waals surface area contributed by atoms with Crippen LogP contribution in [0.2, 0.25) is 0 Å². The first-order chi connectivity index (χ1) is 12.0. The van der Waals surface area contributed by atoms with Gasteiger partial charge in [0.15, 0.2) is 0 Å². The Labute approximate surface area is 145 Å². The van der Waals surface area contributed by atoms with Crippen LogP contribution in [0.25, 0.3) is 0 Å². The lowest BCUT2D eigenvalue weighted by Gasteiger charge is -2.09. The summed E-state index contributed by atoms with van der Waals surface area (Å²) in [6, 6.07) is 11.3. The molecule has 0 bridgehead atoms. The molecule has 25 heavy (non-hydrogen) atoms. The molecule has 0 fully saturated rings. The first kappa shape index (κ1) is 18.4. The minimum atomic E-state index is -0.518. The van der Waals surface area contributed by atoms with Crippen LogP contribution in [0.3, 0.4) is 0 Å². The number of nitrogens with one attached hydrogen (secondary N) is 1. The largest absolute Gasteiger partial charge is 0.491 e. The van der Waals surface area contributed by atoms with Gasteiger partial charge in [0.1, 0.15) is 18.0 Å². The molecule has 0 saturated heterocycles. The third-order valence-electron chi connectivity index (χ3n) is 3.39. The standard InChI is InChI=1S/C18H20N2O5/c1-3-24-9-10-25-15-6-4-5-14(12-15)18(21)19-16-8-7-13(2)11-17(16)20(22)23/h4-8,11-12H,3,9-10H2,1-2H3,(H,19,21). The highest BCUT2D eigenvalue weighted by molar-refractivity contribution is 6.05. The van der Waals surface area contributed by atoms with Crippen molar-refractivity contribution < 1.29 is 19.2 Å². The first-order valence-corrected chi connectivity index (χ1v) is 7.88. The quantitative estimate of drug-likeness (QED) is 0.449. The monoisotopic (exact) mass is 344 g/mol. The van der Waals surface area contributed by atoms with Crippen molar-refractivity contribution in [2.24, 2.45) is 0 Å². The van der Waals surface area contributed by atoms with Gasteiger partial charge in [-0.2, -0.15) is 0 Å². The van der Waals surface area contributed by atoms with Crippen LogP contribution < -0.4 is 10.1 Å². The average Bonchev–Trinajstić information content (AvgIpc) is 2.60. The van der Waals surface area contributed by atoms with Crippen LogP contribution in [0.1, 0.15) is 22.8 Å². The van der Waals surface area contributed by atoms with Crippen molar-refractivity contribution in [1.82, 2.24) is 0 Å². The molecular formula is C18H20N2O5. The van der Waals surface area contributed by atoms with Gasteiger partial charge in [-0.1, -0.05) is 12.1 Å². The van der Waals surface area contributed by atoms with Gasteiger partial charge in [0, 0.05) is 18.2 Å². The molecule has 0 aromatic heterocycles. The number of ether oxygens (including phenoxy) is 2. The maximum Gasteiger partial charge on any atom is 0.293 e. The summed E-state index contributed by atoms with van der Waals surface area (Å²) in [5.41, 5.74) is 1.11. The van der Waals surface area contributed by atoms with Gasteiger partial charge >= 0.3 is 0 Å². The highest BCUT2D eigenvalue weighted by Crippen LogP contribution is 2.26. The molecule has 2 aromatic rings. The number of nitro benzene ring substituents is 1. The molecule has 0 radical (unpaired) electrons. The van der Waals surface area contributed by atoms with Crippen molar-refractivity contribution >= 4 is 17.3 Å². The number of hydrogen-bond donors (Lipinski definition) is 1. The summed E-state index contributed by atoms with van der Waals surface area (Å²) in [6.45, 7) is 5.10. The lowest BCUT2D eigenvalue weighted by Crippen LogP contribution is -2.13. The summed E-state index contributed by atoms with van der Waals surface area (Å²) in [7, 11) is 0. The SMILES string of the molecule is CCOCCOc1cccc(C(=O)Nc2ccc(C)cc2[N+](=O)[O-])c1. The average molecular weight is 344 g/mol. The Morgan fingerprint density at radius 3 is 2.72 bits per heavy atom. The lowest BCUT2D eigenvalue weighted by atomic mass is 10.1. The number of nitrogens with zero attached hydrogens (tertiary/aromatic N) is 1. The van der Waals surface area contributed by atoms with E-state index < -0.39 is 10.8 Å². The fraction of sp³-hybridized carbons (Fsp3) is 0.278. The number of amides is 1. The number of benzene rings is 2. The number of hydrogen-bond acceptors (Lipinski definition) is 5. The fourth-order valence-electron chi connectivity index (χ4n) is 2.18. The molecular weight excluding hydrogens is 324 g/mol. The van der Waals surface area contributed by atoms with Crippen molar-refractivity contribution in [3.63, 3.8) is 0 Å². The van der Waals surface area contributed by atoms with Crippen LogP contribution >= 0.6 is 0 Å². The van der Waals surface area contributed by atoms with Crippen LogP contribution in [0.5, 0.6) is 5.75 Å². The number of nitro groups is 1. The van der Waals surface area contributed by atoms with Gasteiger partial charge in [-0.15, -0.1) is 0 Å². The summed E-state index contributed by atoms with van der Waals surface area (Å²) < 4.78 is 10.7. The van der Waals surface area contributed by atoms with E-state index in [0.29, 0.717) is 31.1 Å². The molecule has 132 valence electrons. The molecule has 7 heteroatoms. The molecule has 0 unspecified atom stereocenters. The van der Waals surface area contributed by atoms with Crippen LogP contribution in [-0.2, 0) is 4.74 Å². The maximum atomic E-state index is 12.4. The zero-order valence-electron chi connectivity index (χ0n) is 14.2. The van der Waals surface area contributed by atoms with E-state index in [9.17, 15) is 14.9 Å². The smallest absolute Gasteiger partial charge is 0.293 e. The normalized spacial score (nSPS) is 10.3. The summed E-state index contributed by atoms with van der Waals surface area (Å²) in [5, 5.41) is 13.7. The molecule has 0 heterocycles. The molecule has 0 aliphatic carbocycles. The van der Waals surface area contributed by atoms with Crippen LogP contribution in [-0.4, -0.2) is 30.7 Å². The number of rotatable bonds is 8. The van der Waals surface area contributed by atoms with Gasteiger partial charge in [0.05, 0.1) is 11.5 Å². The molecule has 0 aliphatic heterocycles. The zero-order chi connectivity index (χ0) is 18.2. The van der Waals surface area contributed by atoms with E-state index >= 15 is 0 Å². The van der Waals surface area contributed by atoms with Crippen molar-refractivity contribution in [3.05, 3.63) is 63.7 Å². The minimum Gasteiger partial charge on any atom is -0.491 e. The lowest BCUT2D eigenvalue weighted by molar-refractivity contribution is -0.384. The number of anilines is 1. The van der Waals surface area contributed by atoms with Crippen LogP contribution in [0.15, 0.2) is 42.5 Å². The molecule has 1 amide bonds. The van der Waals surface area contributed by atoms with Crippen molar-refractivity contribution in [2.45, 2.75) is 13.8 Å². The van der Waals surface area contributed by atoms with Crippen LogP contribution in [0, 0.1) is 17.0 Å². The molecule has 0 aliphatic rings. The van der Waals surface area contributed by atoms with E-state index in [-0.39, 0.29) is 11.4 Å². The molecule has 0 atom stereocenters. The Kier molecular flexibility index (Phi) is 6.47. The van der Waals surface area contributed by atoms with E-state index in [1.54, 1.807) is 37.3 Å². The Morgan fingerprint density at radius 1 is 1.20 bits per heavy atom. The fourth-order valence-corrected chi connectivity index (χ4v) is 2.18. The van der Waals surface area contributed by atoms with Gasteiger partial charge in [0.25, 0.3) is 11.6 Å². The maximum absolute atomic E-state index is 12.4. The Balaban J connectivity index is 2.10. The van der Waals surface area contributed by atoms with Crippen molar-refractivity contribution in [2.75, 3.05) is 25.1 Å². The molecule has 1 N–H and O–H groups in total. The number of carbonyl (C=O) groups is 1. The molecule has 0 saturated carbocycles. The number of aryl methyl sites for hydroxylation is 1. The molecule has 0 spiro atoms. The zero-order valence-corrected chi connectivity index (χ0v) is 14.2. The van der Waals surface area contributed by atoms with E-state index in [2.05, 4.69) is 5.32 Å². The Morgan fingerprint density at radius 2 is 2.00 bits per heavy atom. The van der Waals surface area contributed by atoms with E-state index in [4.69, 9.17) is 9.47 Å². The van der Waals surface area contributed by atoms with Gasteiger partial charge in [-0.25, -0.2) is 0 Å². The molecule has 7 nitrogen and oxygen atoms in total. The highest BCUT2D eigenvalue weighted by atomic mass is 16.6. The van der Waals surface area contributed by atoms with Crippen molar-refractivity contribution in [3.8, 4) is 5.75 Å². The van der Waals surface area contributed by atoms with Crippen LogP contribution in [0.4, 0.5) is 11.4 Å². The summed E-state index contributed by atoms with van der Waals surface area (Å²) in [5.74, 6) is 0.0907. The minimum absolute atomic E-state index is 0.141. The topological polar surface area (TPSA) is 90.7 Å². The Hall–Kier alpha value is -2.93. The molecule has 2 aromatic carbocycles. The number of carbonyl (C=O) groups excluding carboxylic acids is 1. The van der Waals surface area contributed by atoms with Gasteiger partial charge in [-0.3, -0.25) is 14.9 Å². The van der Waals surface area contributed by atoms with E-state index in [0.717, 1.165) is 5.56 Å². The van der Waals surface area contributed by atoms with Gasteiger partial charge in [0.2, 0.25) is 0 Å². The Bertz CT molecular complexity index is 761. The van der Waals surface area contributed by atoms with E-state index in [1.165, 1.54) is 12.1 Å². The second kappa shape index (κ2) is 8.79. The second-order valence-corrected chi connectivity index (χ2v) is 5.31. The summed E-state index contributed by atoms with van der Waals surface area (Å²) in [4.78, 5) is 23.0. The predicted molar refractivity (Wildman–Crippen MR) is 94.2 cm³/mol. The summed E-state index contributed by atoms with van der Waals surface area (Å²) in [6.07, 6.45) is 0. The molecule has 2 rings (SSSR count). The third-order valence-corrected chi connectivity index (χ3v) is 3.39. The first-order valence-electron chi connectivity index (χ1n) is 7.88.